The predicted molar refractivity (Wildman–Crippen MR) is 116 cm³/mol. The highest BCUT2D eigenvalue weighted by Crippen LogP contribution is 2.38. The molecule has 0 saturated carbocycles. The molecule has 0 radical (unpaired) electrons. The maximum Gasteiger partial charge on any atom is 0.0707 e. The maximum atomic E-state index is 3.67. The highest BCUT2D eigenvalue weighted by molar-refractivity contribution is 9.11. The lowest BCUT2D eigenvalue weighted by molar-refractivity contribution is 0.668. The summed E-state index contributed by atoms with van der Waals surface area (Å²) in [5.41, 5.74) is 4.10. The van der Waals surface area contributed by atoms with Gasteiger partial charge in [-0.3, -0.25) is 0 Å². The van der Waals surface area contributed by atoms with E-state index in [9.17, 15) is 0 Å². The van der Waals surface area contributed by atoms with Crippen LogP contribution < -0.4 is 0 Å². The zero-order chi connectivity index (χ0) is 16.9. The summed E-state index contributed by atoms with van der Waals surface area (Å²) in [5.74, 6) is 0. The third-order valence-electron chi connectivity index (χ3n) is 4.08. The summed E-state index contributed by atoms with van der Waals surface area (Å²) in [4.78, 5) is 2.72. The number of hydrogen-bond donors (Lipinski definition) is 0. The Hall–Kier alpha value is -0.420. The molecular weight excluding hydrogens is 464 g/mol. The van der Waals surface area contributed by atoms with Crippen molar-refractivity contribution in [1.82, 2.24) is 0 Å². The van der Waals surface area contributed by atoms with Gasteiger partial charge in [0.05, 0.1) is 7.57 Å². The van der Waals surface area contributed by atoms with Crippen molar-refractivity contribution in [2.24, 2.45) is 0 Å². The first-order valence-corrected chi connectivity index (χ1v) is 11.5. The monoisotopic (exact) mass is 482 g/mol. The molecule has 3 aromatic rings. The summed E-state index contributed by atoms with van der Waals surface area (Å²) in [5, 5.41) is 0. The smallest absolute Gasteiger partial charge is 0.0707 e. The fraction of sp³-hybridized carbons (Fsp3) is 0.300. The molecule has 1 aromatic carbocycles. The van der Waals surface area contributed by atoms with E-state index in [2.05, 4.69) is 81.2 Å². The van der Waals surface area contributed by atoms with E-state index in [0.717, 1.165) is 0 Å². The lowest BCUT2D eigenvalue weighted by Crippen LogP contribution is -1.86. The van der Waals surface area contributed by atoms with E-state index in [-0.39, 0.29) is 0 Å². The van der Waals surface area contributed by atoms with Crippen LogP contribution in [0.1, 0.15) is 38.2 Å². The van der Waals surface area contributed by atoms with Crippen LogP contribution in [0.5, 0.6) is 0 Å². The zero-order valence-electron chi connectivity index (χ0n) is 13.6. The normalized spacial score (nSPS) is 11.1. The molecule has 0 amide bonds. The summed E-state index contributed by atoms with van der Waals surface area (Å²) >= 11 is 10.8. The number of hydrogen-bond acceptors (Lipinski definition) is 2. The molecule has 4 heteroatoms. The first-order chi connectivity index (χ1) is 11.7. The molecule has 2 aromatic heterocycles. The van der Waals surface area contributed by atoms with Crippen LogP contribution in [0, 0.1) is 0 Å². The van der Waals surface area contributed by atoms with E-state index in [1.165, 1.54) is 66.1 Å². The zero-order valence-corrected chi connectivity index (χ0v) is 18.5. The average molecular weight is 484 g/mol. The molecule has 3 rings (SSSR count). The average Bonchev–Trinajstić information content (AvgIpc) is 3.18. The highest BCUT2D eigenvalue weighted by Gasteiger charge is 2.11. The van der Waals surface area contributed by atoms with Crippen LogP contribution in [0.15, 0.2) is 50.0 Å². The Bertz CT molecular complexity index is 784. The van der Waals surface area contributed by atoms with Crippen LogP contribution in [-0.4, -0.2) is 0 Å². The molecule has 2 heterocycles. The van der Waals surface area contributed by atoms with Crippen LogP contribution in [-0.2, 0) is 6.42 Å². The van der Waals surface area contributed by atoms with Gasteiger partial charge in [0.1, 0.15) is 0 Å². The Kier molecular flexibility index (Phi) is 6.73. The van der Waals surface area contributed by atoms with Crippen molar-refractivity contribution in [1.29, 1.82) is 0 Å². The SMILES string of the molecule is CCCCCCc1cc(Br)sc1-c1ccc(-c2ccc(Br)s2)cc1. The van der Waals surface area contributed by atoms with Gasteiger partial charge in [-0.2, -0.15) is 0 Å². The molecule has 0 saturated heterocycles. The van der Waals surface area contributed by atoms with Gasteiger partial charge >= 0.3 is 0 Å². The Morgan fingerprint density at radius 3 is 2.21 bits per heavy atom. The lowest BCUT2D eigenvalue weighted by Gasteiger charge is -2.05. The molecule has 0 unspecified atom stereocenters. The second kappa shape index (κ2) is 8.79. The Labute approximate surface area is 169 Å². The molecule has 0 N–H and O–H groups in total. The van der Waals surface area contributed by atoms with Crippen LogP contribution >= 0.6 is 54.5 Å². The van der Waals surface area contributed by atoms with Crippen molar-refractivity contribution in [2.45, 2.75) is 39.0 Å². The van der Waals surface area contributed by atoms with E-state index in [1.807, 2.05) is 11.3 Å². The third-order valence-corrected chi connectivity index (χ3v) is 7.49. The predicted octanol–water partition coefficient (Wildman–Crippen LogP) is 8.79. The minimum absolute atomic E-state index is 1.18. The molecule has 24 heavy (non-hydrogen) atoms. The van der Waals surface area contributed by atoms with Crippen LogP contribution in [0.4, 0.5) is 0 Å². The number of rotatable bonds is 7. The molecule has 0 aliphatic rings. The van der Waals surface area contributed by atoms with Crippen LogP contribution in [0.25, 0.3) is 20.9 Å². The number of aryl methyl sites for hydroxylation is 1. The standard InChI is InChI=1S/C20H20Br2S2/c1-2-3-4-5-6-16-13-19(22)24-20(16)15-9-7-14(8-10-15)17-11-12-18(21)23-17/h7-13H,2-6H2,1H3. The summed E-state index contributed by atoms with van der Waals surface area (Å²) in [6.07, 6.45) is 6.42. The van der Waals surface area contributed by atoms with Gasteiger partial charge in [-0.05, 0) is 79.6 Å². The third kappa shape index (κ3) is 4.60. The van der Waals surface area contributed by atoms with Crippen molar-refractivity contribution in [3.05, 3.63) is 55.6 Å². The minimum Gasteiger partial charge on any atom is -0.128 e. The molecule has 0 aliphatic carbocycles. The summed E-state index contributed by atoms with van der Waals surface area (Å²) < 4.78 is 2.41. The summed E-state index contributed by atoms with van der Waals surface area (Å²) in [7, 11) is 0. The van der Waals surface area contributed by atoms with E-state index in [4.69, 9.17) is 0 Å². The number of thiophene rings is 2. The Morgan fingerprint density at radius 1 is 0.792 bits per heavy atom. The lowest BCUT2D eigenvalue weighted by atomic mass is 10.0. The van der Waals surface area contributed by atoms with Gasteiger partial charge in [-0.1, -0.05) is 50.5 Å². The molecule has 0 spiro atoms. The van der Waals surface area contributed by atoms with E-state index in [0.29, 0.717) is 0 Å². The quantitative estimate of drug-likeness (QED) is 0.294. The van der Waals surface area contributed by atoms with E-state index in [1.54, 1.807) is 11.3 Å². The second-order valence-corrected chi connectivity index (χ2v) is 10.8. The Morgan fingerprint density at radius 2 is 1.54 bits per heavy atom. The summed E-state index contributed by atoms with van der Waals surface area (Å²) in [6.45, 7) is 2.26. The van der Waals surface area contributed by atoms with Crippen molar-refractivity contribution in [3.8, 4) is 20.9 Å². The van der Waals surface area contributed by atoms with Crippen LogP contribution in [0.2, 0.25) is 0 Å². The van der Waals surface area contributed by atoms with Gasteiger partial charge in [-0.25, -0.2) is 0 Å². The van der Waals surface area contributed by atoms with E-state index < -0.39 is 0 Å². The largest absolute Gasteiger partial charge is 0.128 e. The van der Waals surface area contributed by atoms with Gasteiger partial charge in [0, 0.05) is 9.75 Å². The maximum absolute atomic E-state index is 3.67. The van der Waals surface area contributed by atoms with Crippen molar-refractivity contribution >= 4 is 54.5 Å². The molecule has 0 aliphatic heterocycles. The number of benzene rings is 1. The fourth-order valence-corrected chi connectivity index (χ4v) is 5.92. The van der Waals surface area contributed by atoms with Gasteiger partial charge < -0.3 is 0 Å². The van der Waals surface area contributed by atoms with Crippen molar-refractivity contribution in [3.63, 3.8) is 0 Å². The van der Waals surface area contributed by atoms with Gasteiger partial charge in [-0.15, -0.1) is 22.7 Å². The van der Waals surface area contributed by atoms with E-state index >= 15 is 0 Å². The minimum atomic E-state index is 1.18. The molecular formula is C20H20Br2S2. The van der Waals surface area contributed by atoms with Crippen LogP contribution in [0.3, 0.4) is 0 Å². The topological polar surface area (TPSA) is 0 Å². The number of unbranched alkanes of at least 4 members (excludes halogenated alkanes) is 3. The Balaban J connectivity index is 1.78. The highest BCUT2D eigenvalue weighted by atomic mass is 79.9. The first kappa shape index (κ1) is 18.4. The van der Waals surface area contributed by atoms with Gasteiger partial charge in [0.2, 0.25) is 0 Å². The molecule has 0 bridgehead atoms. The summed E-state index contributed by atoms with van der Waals surface area (Å²) in [6, 6.07) is 15.6. The first-order valence-electron chi connectivity index (χ1n) is 8.31. The van der Waals surface area contributed by atoms with Crippen molar-refractivity contribution in [2.75, 3.05) is 0 Å². The molecule has 0 fully saturated rings. The van der Waals surface area contributed by atoms with Gasteiger partial charge in [0.25, 0.3) is 0 Å². The second-order valence-electron chi connectivity index (χ2n) is 5.90. The molecule has 126 valence electrons. The van der Waals surface area contributed by atoms with Crippen molar-refractivity contribution < 1.29 is 0 Å². The molecule has 0 nitrogen and oxygen atoms in total. The molecule has 0 atom stereocenters. The fourth-order valence-electron chi connectivity index (χ4n) is 2.82. The number of halogens is 2. The van der Waals surface area contributed by atoms with Gasteiger partial charge in [0.15, 0.2) is 0 Å².